The van der Waals surface area contributed by atoms with Crippen LogP contribution in [0.2, 0.25) is 0 Å². The SMILES string of the molecule is CCOc1c(N)nsc1N1CCCN(C)CC1C. The van der Waals surface area contributed by atoms with Gasteiger partial charge in [-0.25, -0.2) is 0 Å². The van der Waals surface area contributed by atoms with Gasteiger partial charge in [0.15, 0.2) is 16.6 Å². The van der Waals surface area contributed by atoms with Crippen molar-refractivity contribution in [2.45, 2.75) is 26.3 Å². The summed E-state index contributed by atoms with van der Waals surface area (Å²) in [6, 6.07) is 0.455. The molecule has 0 spiro atoms. The molecule has 18 heavy (non-hydrogen) atoms. The lowest BCUT2D eigenvalue weighted by Gasteiger charge is -2.28. The summed E-state index contributed by atoms with van der Waals surface area (Å²) in [4.78, 5) is 4.75. The van der Waals surface area contributed by atoms with Crippen molar-refractivity contribution in [1.82, 2.24) is 9.27 Å². The fraction of sp³-hybridized carbons (Fsp3) is 0.750. The van der Waals surface area contributed by atoms with Gasteiger partial charge in [0, 0.05) is 19.1 Å². The van der Waals surface area contributed by atoms with Gasteiger partial charge in [0.2, 0.25) is 0 Å². The minimum absolute atomic E-state index is 0.455. The van der Waals surface area contributed by atoms with Gasteiger partial charge in [-0.3, -0.25) is 0 Å². The number of hydrogen-bond acceptors (Lipinski definition) is 6. The molecule has 0 bridgehead atoms. The highest BCUT2D eigenvalue weighted by molar-refractivity contribution is 7.11. The van der Waals surface area contributed by atoms with Gasteiger partial charge in [-0.2, -0.15) is 4.37 Å². The number of rotatable bonds is 3. The molecule has 0 amide bonds. The first kappa shape index (κ1) is 13.4. The second-order valence-corrected chi connectivity index (χ2v) is 5.55. The average Bonchev–Trinajstić information content (AvgIpc) is 2.57. The van der Waals surface area contributed by atoms with E-state index in [1.54, 1.807) is 0 Å². The maximum atomic E-state index is 5.88. The summed E-state index contributed by atoms with van der Waals surface area (Å²) in [5, 5.41) is 1.08. The van der Waals surface area contributed by atoms with Gasteiger partial charge in [-0.1, -0.05) is 0 Å². The maximum Gasteiger partial charge on any atom is 0.197 e. The van der Waals surface area contributed by atoms with Crippen molar-refractivity contribution in [2.75, 3.05) is 43.9 Å². The van der Waals surface area contributed by atoms with Crippen LogP contribution in [-0.4, -0.2) is 48.6 Å². The molecule has 0 aliphatic carbocycles. The van der Waals surface area contributed by atoms with Crippen LogP contribution in [0.5, 0.6) is 5.75 Å². The summed E-state index contributed by atoms with van der Waals surface area (Å²) in [6.45, 7) is 8.07. The van der Waals surface area contributed by atoms with Gasteiger partial charge in [0.25, 0.3) is 0 Å². The molecule has 0 saturated carbocycles. The largest absolute Gasteiger partial charge is 0.487 e. The van der Waals surface area contributed by atoms with Crippen molar-refractivity contribution in [3.63, 3.8) is 0 Å². The third-order valence-electron chi connectivity index (χ3n) is 3.25. The first-order valence-electron chi connectivity index (χ1n) is 6.46. The smallest absolute Gasteiger partial charge is 0.197 e. The fourth-order valence-corrected chi connectivity index (χ4v) is 3.31. The Morgan fingerprint density at radius 3 is 3.00 bits per heavy atom. The molecule has 1 unspecified atom stereocenters. The minimum atomic E-state index is 0.455. The summed E-state index contributed by atoms with van der Waals surface area (Å²) in [5.41, 5.74) is 5.88. The molecule has 2 rings (SSSR count). The zero-order valence-corrected chi connectivity index (χ0v) is 12.2. The highest BCUT2D eigenvalue weighted by Crippen LogP contribution is 2.39. The summed E-state index contributed by atoms with van der Waals surface area (Å²) < 4.78 is 9.88. The molecule has 1 aromatic rings. The Kier molecular flexibility index (Phi) is 4.29. The van der Waals surface area contributed by atoms with E-state index in [2.05, 4.69) is 28.1 Å². The molecular formula is C12H22N4OS. The summed E-state index contributed by atoms with van der Waals surface area (Å²) in [7, 11) is 2.17. The van der Waals surface area contributed by atoms with Crippen LogP contribution in [-0.2, 0) is 0 Å². The molecule has 1 atom stereocenters. The van der Waals surface area contributed by atoms with Crippen LogP contribution in [0.15, 0.2) is 0 Å². The zero-order chi connectivity index (χ0) is 13.1. The van der Waals surface area contributed by atoms with Gasteiger partial charge in [-0.15, -0.1) is 0 Å². The molecule has 5 nitrogen and oxygen atoms in total. The number of likely N-dealkylation sites (N-methyl/N-ethyl adjacent to an activating group) is 1. The number of nitrogens with zero attached hydrogens (tertiary/aromatic N) is 3. The molecule has 0 radical (unpaired) electrons. The summed E-state index contributed by atoms with van der Waals surface area (Å²) in [5.74, 6) is 1.28. The van der Waals surface area contributed by atoms with Crippen molar-refractivity contribution in [1.29, 1.82) is 0 Å². The zero-order valence-electron chi connectivity index (χ0n) is 11.3. The van der Waals surface area contributed by atoms with Crippen molar-refractivity contribution in [2.24, 2.45) is 0 Å². The monoisotopic (exact) mass is 270 g/mol. The molecular weight excluding hydrogens is 248 g/mol. The van der Waals surface area contributed by atoms with E-state index in [1.807, 2.05) is 6.92 Å². The van der Waals surface area contributed by atoms with Crippen LogP contribution >= 0.6 is 11.5 Å². The predicted octanol–water partition coefficient (Wildman–Crippen LogP) is 1.65. The molecule has 1 aliphatic heterocycles. The lowest BCUT2D eigenvalue weighted by Crippen LogP contribution is -2.37. The molecule has 1 saturated heterocycles. The number of anilines is 2. The van der Waals surface area contributed by atoms with E-state index < -0.39 is 0 Å². The van der Waals surface area contributed by atoms with Gasteiger partial charge in [0.1, 0.15) is 0 Å². The lowest BCUT2D eigenvalue weighted by molar-refractivity contribution is 0.333. The van der Waals surface area contributed by atoms with Crippen LogP contribution in [0.4, 0.5) is 10.8 Å². The van der Waals surface area contributed by atoms with E-state index in [-0.39, 0.29) is 0 Å². The molecule has 2 heterocycles. The van der Waals surface area contributed by atoms with E-state index in [9.17, 15) is 0 Å². The van der Waals surface area contributed by atoms with Crippen LogP contribution in [0.25, 0.3) is 0 Å². The standard InChI is InChI=1S/C12H22N4OS/c1-4-17-10-11(13)14-18-12(10)16-7-5-6-15(3)8-9(16)2/h9H,4-8H2,1-3H3,(H2,13,14). The van der Waals surface area contributed by atoms with Crippen molar-refractivity contribution in [3.05, 3.63) is 0 Å². The van der Waals surface area contributed by atoms with E-state index in [4.69, 9.17) is 10.5 Å². The Labute approximate surface area is 113 Å². The number of hydrogen-bond donors (Lipinski definition) is 1. The second kappa shape index (κ2) is 5.75. The number of aromatic nitrogens is 1. The Hall–Kier alpha value is -1.01. The van der Waals surface area contributed by atoms with Gasteiger partial charge in [0.05, 0.1) is 6.61 Å². The highest BCUT2D eigenvalue weighted by atomic mass is 32.1. The maximum absolute atomic E-state index is 5.88. The number of nitrogen functional groups attached to an aromatic ring is 1. The first-order valence-corrected chi connectivity index (χ1v) is 7.24. The van der Waals surface area contributed by atoms with Crippen LogP contribution in [0.3, 0.4) is 0 Å². The molecule has 1 fully saturated rings. The summed E-state index contributed by atoms with van der Waals surface area (Å²) >= 11 is 1.44. The van der Waals surface area contributed by atoms with Crippen LogP contribution < -0.4 is 15.4 Å². The third-order valence-corrected chi connectivity index (χ3v) is 4.13. The van der Waals surface area contributed by atoms with Crippen molar-refractivity contribution in [3.8, 4) is 5.75 Å². The number of ether oxygens (including phenoxy) is 1. The van der Waals surface area contributed by atoms with Gasteiger partial charge >= 0.3 is 0 Å². The van der Waals surface area contributed by atoms with E-state index in [0.29, 0.717) is 18.5 Å². The lowest BCUT2D eigenvalue weighted by atomic mass is 10.3. The normalized spacial score (nSPS) is 21.9. The Balaban J connectivity index is 2.23. The highest BCUT2D eigenvalue weighted by Gasteiger charge is 2.25. The second-order valence-electron chi connectivity index (χ2n) is 4.79. The molecule has 102 valence electrons. The summed E-state index contributed by atoms with van der Waals surface area (Å²) in [6.07, 6.45) is 1.16. The molecule has 1 aliphatic rings. The van der Waals surface area contributed by atoms with Crippen LogP contribution in [0, 0.1) is 0 Å². The molecule has 2 N–H and O–H groups in total. The van der Waals surface area contributed by atoms with Crippen molar-refractivity contribution >= 4 is 22.4 Å². The van der Waals surface area contributed by atoms with E-state index >= 15 is 0 Å². The van der Waals surface area contributed by atoms with E-state index in [0.717, 1.165) is 36.8 Å². The third kappa shape index (κ3) is 2.70. The van der Waals surface area contributed by atoms with Gasteiger partial charge in [-0.05, 0) is 45.4 Å². The van der Waals surface area contributed by atoms with Crippen molar-refractivity contribution < 1.29 is 4.74 Å². The topological polar surface area (TPSA) is 54.6 Å². The van der Waals surface area contributed by atoms with Gasteiger partial charge < -0.3 is 20.3 Å². The van der Waals surface area contributed by atoms with E-state index in [1.165, 1.54) is 11.5 Å². The Bertz CT molecular complexity index is 395. The minimum Gasteiger partial charge on any atom is -0.487 e. The molecule has 0 aromatic carbocycles. The molecule has 6 heteroatoms. The molecule has 1 aromatic heterocycles. The Morgan fingerprint density at radius 2 is 2.28 bits per heavy atom. The van der Waals surface area contributed by atoms with Crippen LogP contribution in [0.1, 0.15) is 20.3 Å². The fourth-order valence-electron chi connectivity index (χ4n) is 2.42. The Morgan fingerprint density at radius 1 is 1.50 bits per heavy atom. The first-order chi connectivity index (χ1) is 8.63. The predicted molar refractivity (Wildman–Crippen MR) is 76.6 cm³/mol. The quantitative estimate of drug-likeness (QED) is 0.905. The average molecular weight is 270 g/mol. The number of nitrogens with two attached hydrogens (primary N) is 1.